The highest BCUT2D eigenvalue weighted by molar-refractivity contribution is 7.99. The van der Waals surface area contributed by atoms with Crippen LogP contribution in [-0.4, -0.2) is 53.1 Å². The first-order chi connectivity index (χ1) is 12.9. The van der Waals surface area contributed by atoms with Gasteiger partial charge in [0, 0.05) is 30.7 Å². The van der Waals surface area contributed by atoms with Gasteiger partial charge >= 0.3 is 0 Å². The first-order valence-electron chi connectivity index (χ1n) is 9.06. The summed E-state index contributed by atoms with van der Waals surface area (Å²) in [4.78, 5) is 14.5. The van der Waals surface area contributed by atoms with Gasteiger partial charge in [0.1, 0.15) is 0 Å². The predicted molar refractivity (Wildman–Crippen MR) is 105 cm³/mol. The lowest BCUT2D eigenvalue weighted by atomic mass is 9.97. The summed E-state index contributed by atoms with van der Waals surface area (Å²) >= 11 is 1.24. The van der Waals surface area contributed by atoms with Gasteiger partial charge < -0.3 is 14.5 Å². The molecule has 0 bridgehead atoms. The number of benzene rings is 1. The van der Waals surface area contributed by atoms with Crippen LogP contribution in [0.1, 0.15) is 32.2 Å². The first-order valence-corrected chi connectivity index (χ1v) is 10.0. The molecule has 0 atom stereocenters. The molecule has 2 aromatic rings. The van der Waals surface area contributed by atoms with Crippen LogP contribution in [0.3, 0.4) is 0 Å². The molecule has 1 N–H and O–H groups in total. The average Bonchev–Trinajstić information content (AvgIpc) is 3.12. The van der Waals surface area contributed by atoms with Crippen molar-refractivity contribution in [3.63, 3.8) is 0 Å². The molecule has 0 saturated carbocycles. The molecule has 0 aliphatic carbocycles. The number of rotatable bonds is 6. The minimum absolute atomic E-state index is 0.101. The number of ether oxygens (including phenoxy) is 1. The molecular formula is C19H26N4O3S. The lowest BCUT2D eigenvalue weighted by Gasteiger charge is -2.26. The molecule has 8 heteroatoms. The van der Waals surface area contributed by atoms with Crippen LogP contribution in [0, 0.1) is 0 Å². The van der Waals surface area contributed by atoms with E-state index in [-0.39, 0.29) is 17.1 Å². The fourth-order valence-electron chi connectivity index (χ4n) is 2.61. The molecule has 146 valence electrons. The Bertz CT molecular complexity index is 749. The number of carbonyl (C=O) groups is 1. The van der Waals surface area contributed by atoms with E-state index in [1.54, 1.807) is 0 Å². The zero-order chi connectivity index (χ0) is 19.3. The summed E-state index contributed by atoms with van der Waals surface area (Å²) in [5.74, 6) is 0.694. The summed E-state index contributed by atoms with van der Waals surface area (Å²) in [6, 6.07) is 7.96. The highest BCUT2D eigenvalue weighted by atomic mass is 32.2. The number of hydrogen-bond acceptors (Lipinski definition) is 7. The van der Waals surface area contributed by atoms with Crippen LogP contribution in [0.25, 0.3) is 0 Å². The van der Waals surface area contributed by atoms with Crippen molar-refractivity contribution in [2.24, 2.45) is 0 Å². The van der Waals surface area contributed by atoms with E-state index in [9.17, 15) is 4.79 Å². The molecule has 2 heterocycles. The van der Waals surface area contributed by atoms with Gasteiger partial charge in [-0.3, -0.25) is 9.69 Å². The Kier molecular flexibility index (Phi) is 6.51. The number of amides is 1. The number of morpholine rings is 1. The van der Waals surface area contributed by atoms with E-state index >= 15 is 0 Å². The number of hydrogen-bond donors (Lipinski definition) is 1. The maximum absolute atomic E-state index is 12.1. The number of aromatic nitrogens is 2. The van der Waals surface area contributed by atoms with Crippen molar-refractivity contribution in [3.05, 3.63) is 35.7 Å². The van der Waals surface area contributed by atoms with E-state index in [2.05, 4.69) is 20.4 Å². The molecule has 3 rings (SSSR count). The summed E-state index contributed by atoms with van der Waals surface area (Å²) in [6.07, 6.45) is 0. The molecule has 1 saturated heterocycles. The monoisotopic (exact) mass is 390 g/mol. The molecular weight excluding hydrogens is 364 g/mol. The SMILES string of the molecule is CC(C)(C)c1nnc(SCC(=O)Nc2ccc(CN3CCOCC3)cc2)o1. The predicted octanol–water partition coefficient (Wildman–Crippen LogP) is 2.93. The highest BCUT2D eigenvalue weighted by Crippen LogP contribution is 2.24. The second kappa shape index (κ2) is 8.86. The van der Waals surface area contributed by atoms with Gasteiger partial charge in [-0.1, -0.05) is 44.7 Å². The number of thioether (sulfide) groups is 1. The van der Waals surface area contributed by atoms with Crippen molar-refractivity contribution >= 4 is 23.4 Å². The van der Waals surface area contributed by atoms with E-state index in [1.807, 2.05) is 45.0 Å². The molecule has 0 unspecified atom stereocenters. The van der Waals surface area contributed by atoms with E-state index in [4.69, 9.17) is 9.15 Å². The van der Waals surface area contributed by atoms with E-state index in [1.165, 1.54) is 17.3 Å². The second-order valence-corrected chi connectivity index (χ2v) is 8.47. The van der Waals surface area contributed by atoms with E-state index in [0.29, 0.717) is 11.1 Å². The van der Waals surface area contributed by atoms with Gasteiger partial charge in [-0.2, -0.15) is 0 Å². The molecule has 1 aliphatic heterocycles. The third-order valence-corrected chi connectivity index (χ3v) is 4.94. The average molecular weight is 391 g/mol. The van der Waals surface area contributed by atoms with Gasteiger partial charge in [0.2, 0.25) is 11.8 Å². The third-order valence-electron chi connectivity index (χ3n) is 4.12. The lowest BCUT2D eigenvalue weighted by molar-refractivity contribution is -0.113. The van der Waals surface area contributed by atoms with Crippen molar-refractivity contribution in [1.29, 1.82) is 0 Å². The van der Waals surface area contributed by atoms with Crippen LogP contribution >= 0.6 is 11.8 Å². The molecule has 1 aromatic carbocycles. The molecule has 27 heavy (non-hydrogen) atoms. The molecule has 1 aromatic heterocycles. The highest BCUT2D eigenvalue weighted by Gasteiger charge is 2.21. The van der Waals surface area contributed by atoms with Crippen molar-refractivity contribution in [1.82, 2.24) is 15.1 Å². The van der Waals surface area contributed by atoms with Crippen LogP contribution in [0.5, 0.6) is 0 Å². The molecule has 7 nitrogen and oxygen atoms in total. The zero-order valence-electron chi connectivity index (χ0n) is 16.0. The Hall–Kier alpha value is -1.90. The summed E-state index contributed by atoms with van der Waals surface area (Å²) < 4.78 is 11.0. The lowest BCUT2D eigenvalue weighted by Crippen LogP contribution is -2.35. The van der Waals surface area contributed by atoms with Crippen LogP contribution in [0.4, 0.5) is 5.69 Å². The molecule has 1 fully saturated rings. The Morgan fingerprint density at radius 2 is 1.89 bits per heavy atom. The van der Waals surface area contributed by atoms with Crippen molar-refractivity contribution in [3.8, 4) is 0 Å². The fraction of sp³-hybridized carbons (Fsp3) is 0.526. The molecule has 0 radical (unpaired) electrons. The minimum atomic E-state index is -0.197. The van der Waals surface area contributed by atoms with E-state index < -0.39 is 0 Å². The van der Waals surface area contributed by atoms with Crippen LogP contribution in [-0.2, 0) is 21.5 Å². The standard InChI is InChI=1S/C19H26N4O3S/c1-19(2,3)17-21-22-18(26-17)27-13-16(24)20-15-6-4-14(5-7-15)12-23-8-10-25-11-9-23/h4-7H,8-13H2,1-3H3,(H,20,24). The summed E-state index contributed by atoms with van der Waals surface area (Å²) in [6.45, 7) is 10.4. The maximum atomic E-state index is 12.1. The quantitative estimate of drug-likeness (QED) is 0.760. The number of nitrogens with one attached hydrogen (secondary N) is 1. The van der Waals surface area contributed by atoms with Crippen molar-refractivity contribution in [2.45, 2.75) is 38.0 Å². The van der Waals surface area contributed by atoms with E-state index in [0.717, 1.165) is 38.5 Å². The van der Waals surface area contributed by atoms with Gasteiger partial charge in [0.05, 0.1) is 19.0 Å². The Morgan fingerprint density at radius 3 is 2.52 bits per heavy atom. The number of carbonyl (C=O) groups excluding carboxylic acids is 1. The Morgan fingerprint density at radius 1 is 1.19 bits per heavy atom. The van der Waals surface area contributed by atoms with Crippen LogP contribution in [0.2, 0.25) is 0 Å². The van der Waals surface area contributed by atoms with Crippen molar-refractivity contribution < 1.29 is 13.9 Å². The Labute approximate surface area is 163 Å². The second-order valence-electron chi connectivity index (χ2n) is 7.55. The number of anilines is 1. The van der Waals surface area contributed by atoms with Crippen LogP contribution in [0.15, 0.2) is 33.9 Å². The van der Waals surface area contributed by atoms with Gasteiger partial charge in [-0.15, -0.1) is 10.2 Å². The molecule has 1 aliphatic rings. The largest absolute Gasteiger partial charge is 0.415 e. The maximum Gasteiger partial charge on any atom is 0.277 e. The summed E-state index contributed by atoms with van der Waals surface area (Å²) in [5.41, 5.74) is 1.81. The van der Waals surface area contributed by atoms with Gasteiger partial charge in [0.25, 0.3) is 5.22 Å². The summed E-state index contributed by atoms with van der Waals surface area (Å²) in [7, 11) is 0. The molecule has 1 amide bonds. The normalized spacial score (nSPS) is 15.7. The molecule has 0 spiro atoms. The van der Waals surface area contributed by atoms with Gasteiger partial charge in [-0.25, -0.2) is 0 Å². The van der Waals surface area contributed by atoms with Gasteiger partial charge in [-0.05, 0) is 17.7 Å². The first kappa shape index (κ1) is 19.9. The van der Waals surface area contributed by atoms with Crippen molar-refractivity contribution in [2.75, 3.05) is 37.4 Å². The topological polar surface area (TPSA) is 80.5 Å². The zero-order valence-corrected chi connectivity index (χ0v) is 16.8. The fourth-order valence-corrected chi connectivity index (χ4v) is 3.17. The van der Waals surface area contributed by atoms with Gasteiger partial charge in [0.15, 0.2) is 0 Å². The summed E-state index contributed by atoms with van der Waals surface area (Å²) in [5, 5.41) is 11.3. The number of nitrogens with zero attached hydrogens (tertiary/aromatic N) is 3. The Balaban J connectivity index is 1.45. The minimum Gasteiger partial charge on any atom is -0.415 e. The smallest absolute Gasteiger partial charge is 0.277 e. The third kappa shape index (κ3) is 6.05. The van der Waals surface area contributed by atoms with Crippen LogP contribution < -0.4 is 5.32 Å².